The molecule has 1 N–H and O–H groups in total. The Balaban J connectivity index is 3.00. The highest BCUT2D eigenvalue weighted by Gasteiger charge is 2.12. The first-order valence-corrected chi connectivity index (χ1v) is 6.69. The van der Waals surface area contributed by atoms with Crippen molar-refractivity contribution in [2.24, 2.45) is 4.99 Å². The molecule has 1 rings (SSSR count). The molecule has 0 bridgehead atoms. The van der Waals surface area contributed by atoms with Crippen molar-refractivity contribution < 1.29 is 5.11 Å². The molecule has 4 heteroatoms. The molecular weight excluding hydrogens is 226 g/mol. The zero-order chi connectivity index (χ0) is 13.4. The van der Waals surface area contributed by atoms with Crippen LogP contribution in [0.1, 0.15) is 40.0 Å². The van der Waals surface area contributed by atoms with Gasteiger partial charge in [0.2, 0.25) is 5.88 Å². The molecule has 0 saturated heterocycles. The molecule has 1 aromatic heterocycles. The van der Waals surface area contributed by atoms with E-state index >= 15 is 0 Å². The lowest BCUT2D eigenvalue weighted by atomic mass is 10.3. The molecule has 0 spiro atoms. The molecule has 0 aliphatic heterocycles. The number of anilines is 1. The minimum absolute atomic E-state index is 0.0551. The van der Waals surface area contributed by atoms with Gasteiger partial charge < -0.3 is 10.0 Å². The maximum atomic E-state index is 9.48. The lowest BCUT2D eigenvalue weighted by Gasteiger charge is -2.24. The molecule has 1 aromatic rings. The van der Waals surface area contributed by atoms with Crippen LogP contribution in [0.15, 0.2) is 23.2 Å². The van der Waals surface area contributed by atoms with Crippen LogP contribution in [0.5, 0.6) is 5.88 Å². The smallest absolute Gasteiger partial charge is 0.212 e. The Labute approximate surface area is 109 Å². The van der Waals surface area contributed by atoms with Crippen LogP contribution in [0.3, 0.4) is 0 Å². The number of aromatic hydroxyl groups is 1. The topological polar surface area (TPSA) is 48.7 Å². The molecule has 0 radical (unpaired) electrons. The number of aliphatic imine (C=N–C) groups is 1. The molecule has 0 saturated carbocycles. The van der Waals surface area contributed by atoms with E-state index in [1.54, 1.807) is 6.07 Å². The van der Waals surface area contributed by atoms with Gasteiger partial charge in [0.1, 0.15) is 11.7 Å². The molecule has 0 unspecified atom stereocenters. The van der Waals surface area contributed by atoms with Gasteiger partial charge in [-0.15, -0.1) is 0 Å². The van der Waals surface area contributed by atoms with Gasteiger partial charge in [-0.2, -0.15) is 4.98 Å². The highest BCUT2D eigenvalue weighted by atomic mass is 16.3. The normalized spacial score (nSPS) is 11.6. The third-order valence-electron chi connectivity index (χ3n) is 2.59. The van der Waals surface area contributed by atoms with Crippen LogP contribution >= 0.6 is 0 Å². The van der Waals surface area contributed by atoms with Gasteiger partial charge in [0.15, 0.2) is 0 Å². The second kappa shape index (κ2) is 7.69. The van der Waals surface area contributed by atoms with Crippen molar-refractivity contribution in [2.75, 3.05) is 18.0 Å². The minimum atomic E-state index is 0.0551. The largest absolute Gasteiger partial charge is 0.493 e. The quantitative estimate of drug-likeness (QED) is 0.622. The van der Waals surface area contributed by atoms with Crippen LogP contribution in [0.4, 0.5) is 5.82 Å². The van der Waals surface area contributed by atoms with Crippen LogP contribution < -0.4 is 4.90 Å². The molecule has 0 fully saturated rings. The van der Waals surface area contributed by atoms with Crippen molar-refractivity contribution in [3.63, 3.8) is 0 Å². The van der Waals surface area contributed by atoms with E-state index in [1.807, 2.05) is 12.1 Å². The summed E-state index contributed by atoms with van der Waals surface area (Å²) in [4.78, 5) is 10.9. The lowest BCUT2D eigenvalue weighted by Crippen LogP contribution is -2.32. The Morgan fingerprint density at radius 2 is 2.06 bits per heavy atom. The van der Waals surface area contributed by atoms with Crippen molar-refractivity contribution in [2.45, 2.75) is 40.0 Å². The Morgan fingerprint density at radius 3 is 2.61 bits per heavy atom. The number of aromatic nitrogens is 1. The second-order valence-electron chi connectivity index (χ2n) is 4.16. The predicted molar refractivity (Wildman–Crippen MR) is 76.4 cm³/mol. The third kappa shape index (κ3) is 4.02. The molecule has 0 aromatic carbocycles. The van der Waals surface area contributed by atoms with E-state index in [-0.39, 0.29) is 5.88 Å². The van der Waals surface area contributed by atoms with Crippen molar-refractivity contribution in [3.8, 4) is 5.88 Å². The fourth-order valence-electron chi connectivity index (χ4n) is 1.79. The van der Waals surface area contributed by atoms with Gasteiger partial charge in [-0.25, -0.2) is 0 Å². The highest BCUT2D eigenvalue weighted by molar-refractivity contribution is 5.96. The van der Waals surface area contributed by atoms with Gasteiger partial charge in [0.05, 0.1) is 0 Å². The highest BCUT2D eigenvalue weighted by Crippen LogP contribution is 2.17. The fourth-order valence-corrected chi connectivity index (χ4v) is 1.79. The Morgan fingerprint density at radius 1 is 1.28 bits per heavy atom. The maximum Gasteiger partial charge on any atom is 0.212 e. The van der Waals surface area contributed by atoms with Gasteiger partial charge >= 0.3 is 0 Å². The van der Waals surface area contributed by atoms with Gasteiger partial charge in [-0.1, -0.05) is 26.8 Å². The van der Waals surface area contributed by atoms with Crippen LogP contribution in [-0.4, -0.2) is 29.0 Å². The van der Waals surface area contributed by atoms with Crippen LogP contribution in [0, 0.1) is 0 Å². The van der Waals surface area contributed by atoms with Gasteiger partial charge in [0.25, 0.3) is 0 Å². The summed E-state index contributed by atoms with van der Waals surface area (Å²) < 4.78 is 0. The van der Waals surface area contributed by atoms with Crippen molar-refractivity contribution in [1.29, 1.82) is 0 Å². The van der Waals surface area contributed by atoms with Crippen molar-refractivity contribution >= 4 is 11.7 Å². The summed E-state index contributed by atoms with van der Waals surface area (Å²) in [5, 5.41) is 9.48. The summed E-state index contributed by atoms with van der Waals surface area (Å²) in [7, 11) is 0. The SMILES string of the molecule is CCCN=C(CC)N(CCC)c1cccc(O)n1. The van der Waals surface area contributed by atoms with E-state index in [4.69, 9.17) is 0 Å². The Kier molecular flexibility index (Phi) is 6.19. The summed E-state index contributed by atoms with van der Waals surface area (Å²) in [6.45, 7) is 8.05. The van der Waals surface area contributed by atoms with E-state index in [2.05, 4.69) is 35.6 Å². The lowest BCUT2D eigenvalue weighted by molar-refractivity contribution is 0.453. The van der Waals surface area contributed by atoms with Crippen LogP contribution in [-0.2, 0) is 0 Å². The first-order valence-electron chi connectivity index (χ1n) is 6.69. The zero-order valence-corrected chi connectivity index (χ0v) is 11.6. The molecule has 0 atom stereocenters. The summed E-state index contributed by atoms with van der Waals surface area (Å²) in [6.07, 6.45) is 2.93. The van der Waals surface area contributed by atoms with Crippen molar-refractivity contribution in [1.82, 2.24) is 4.98 Å². The van der Waals surface area contributed by atoms with Gasteiger partial charge in [-0.3, -0.25) is 4.99 Å². The Hall–Kier alpha value is -1.58. The first-order chi connectivity index (χ1) is 8.72. The number of amidine groups is 1. The Bertz CT molecular complexity index is 390. The monoisotopic (exact) mass is 249 g/mol. The minimum Gasteiger partial charge on any atom is -0.493 e. The number of nitrogens with zero attached hydrogens (tertiary/aromatic N) is 3. The maximum absolute atomic E-state index is 9.48. The average molecular weight is 249 g/mol. The average Bonchev–Trinajstić information content (AvgIpc) is 2.38. The van der Waals surface area contributed by atoms with E-state index in [1.165, 1.54) is 0 Å². The molecule has 0 amide bonds. The van der Waals surface area contributed by atoms with Crippen LogP contribution in [0.2, 0.25) is 0 Å². The molecule has 100 valence electrons. The second-order valence-corrected chi connectivity index (χ2v) is 4.16. The van der Waals surface area contributed by atoms with E-state index < -0.39 is 0 Å². The summed E-state index contributed by atoms with van der Waals surface area (Å²) >= 11 is 0. The summed E-state index contributed by atoms with van der Waals surface area (Å²) in [5.74, 6) is 1.87. The standard InChI is InChI=1S/C14H23N3O/c1-4-10-15-12(6-3)17(11-5-2)13-8-7-9-14(18)16-13/h7-9H,4-6,10-11H2,1-3H3,(H,16,18). The van der Waals surface area contributed by atoms with Crippen LogP contribution in [0.25, 0.3) is 0 Å². The molecule has 1 heterocycles. The molecule has 18 heavy (non-hydrogen) atoms. The van der Waals surface area contributed by atoms with E-state index in [0.29, 0.717) is 0 Å². The molecular formula is C14H23N3O. The number of pyridine rings is 1. The van der Waals surface area contributed by atoms with E-state index in [9.17, 15) is 5.11 Å². The number of rotatable bonds is 6. The molecule has 4 nitrogen and oxygen atoms in total. The zero-order valence-electron chi connectivity index (χ0n) is 11.6. The first kappa shape index (κ1) is 14.5. The predicted octanol–water partition coefficient (Wildman–Crippen LogP) is 3.22. The summed E-state index contributed by atoms with van der Waals surface area (Å²) in [6, 6.07) is 5.31. The van der Waals surface area contributed by atoms with Crippen molar-refractivity contribution in [3.05, 3.63) is 18.2 Å². The van der Waals surface area contributed by atoms with E-state index in [0.717, 1.165) is 44.0 Å². The fraction of sp³-hybridized carbons (Fsp3) is 0.571. The van der Waals surface area contributed by atoms with Gasteiger partial charge in [0, 0.05) is 25.6 Å². The molecule has 0 aliphatic rings. The van der Waals surface area contributed by atoms with Gasteiger partial charge in [-0.05, 0) is 18.9 Å². The number of hydrogen-bond acceptors (Lipinski definition) is 3. The summed E-state index contributed by atoms with van der Waals surface area (Å²) in [5.41, 5.74) is 0. The number of hydrogen-bond donors (Lipinski definition) is 1. The third-order valence-corrected chi connectivity index (χ3v) is 2.59. The molecule has 0 aliphatic carbocycles.